The molecule has 3 heteroatoms. The topological polar surface area (TPSA) is 29.5 Å². The Hall–Kier alpha value is -1.35. The number of nitrogens with zero attached hydrogens (tertiary/aromatic N) is 1. The van der Waals surface area contributed by atoms with E-state index < -0.39 is 0 Å². The summed E-state index contributed by atoms with van der Waals surface area (Å²) >= 11 is 0. The Kier molecular flexibility index (Phi) is 2.50. The molecule has 0 aromatic heterocycles. The Morgan fingerprint density at radius 3 is 2.71 bits per heavy atom. The quantitative estimate of drug-likeness (QED) is 0.711. The molecule has 1 aromatic rings. The number of hydroxylamine groups is 2. The molecular formula is C11H13NO2. The number of carbonyl (C=O) groups excluding carboxylic acids is 1. The standard InChI is InChI=1S/C11H13NO2/c1-9-7-12(14-11(9)13)8-10-5-3-2-4-6-10/h2-6,9H,7-8H2,1H3. The van der Waals surface area contributed by atoms with Crippen molar-refractivity contribution in [3.8, 4) is 0 Å². The summed E-state index contributed by atoms with van der Waals surface area (Å²) in [6.45, 7) is 3.25. The van der Waals surface area contributed by atoms with Gasteiger partial charge in [-0.1, -0.05) is 37.3 Å². The van der Waals surface area contributed by atoms with E-state index in [-0.39, 0.29) is 11.9 Å². The van der Waals surface area contributed by atoms with Crippen molar-refractivity contribution in [2.75, 3.05) is 6.54 Å². The van der Waals surface area contributed by atoms with Crippen LogP contribution >= 0.6 is 0 Å². The third kappa shape index (κ3) is 1.93. The van der Waals surface area contributed by atoms with Crippen molar-refractivity contribution < 1.29 is 9.63 Å². The predicted molar refractivity (Wildman–Crippen MR) is 52.1 cm³/mol. The van der Waals surface area contributed by atoms with Crippen LogP contribution in [-0.4, -0.2) is 17.6 Å². The molecule has 0 N–H and O–H groups in total. The molecule has 0 bridgehead atoms. The van der Waals surface area contributed by atoms with Gasteiger partial charge in [-0.2, -0.15) is 0 Å². The summed E-state index contributed by atoms with van der Waals surface area (Å²) in [5.41, 5.74) is 1.16. The first kappa shape index (κ1) is 9.21. The van der Waals surface area contributed by atoms with Crippen molar-refractivity contribution in [2.24, 2.45) is 5.92 Å². The first-order valence-corrected chi connectivity index (χ1v) is 4.76. The van der Waals surface area contributed by atoms with Gasteiger partial charge in [-0.3, -0.25) is 4.79 Å². The second kappa shape index (κ2) is 3.80. The molecular weight excluding hydrogens is 178 g/mol. The number of carbonyl (C=O) groups is 1. The molecule has 0 saturated carbocycles. The van der Waals surface area contributed by atoms with Crippen molar-refractivity contribution in [1.29, 1.82) is 0 Å². The average Bonchev–Trinajstić information content (AvgIpc) is 2.47. The third-order valence-corrected chi connectivity index (χ3v) is 2.30. The number of rotatable bonds is 2. The van der Waals surface area contributed by atoms with E-state index in [2.05, 4.69) is 0 Å². The summed E-state index contributed by atoms with van der Waals surface area (Å²) in [6, 6.07) is 9.99. The summed E-state index contributed by atoms with van der Waals surface area (Å²) in [5.74, 6) is -0.125. The predicted octanol–water partition coefficient (Wildman–Crippen LogP) is 1.60. The molecule has 1 aromatic carbocycles. The van der Waals surface area contributed by atoms with E-state index in [0.29, 0.717) is 13.1 Å². The Balaban J connectivity index is 1.97. The molecule has 0 spiro atoms. The second-order valence-corrected chi connectivity index (χ2v) is 3.62. The van der Waals surface area contributed by atoms with Crippen LogP contribution in [-0.2, 0) is 16.2 Å². The molecule has 1 unspecified atom stereocenters. The van der Waals surface area contributed by atoms with Crippen molar-refractivity contribution in [1.82, 2.24) is 5.06 Å². The van der Waals surface area contributed by atoms with Crippen LogP contribution in [0.15, 0.2) is 30.3 Å². The highest BCUT2D eigenvalue weighted by molar-refractivity contribution is 5.73. The Morgan fingerprint density at radius 2 is 2.14 bits per heavy atom. The monoisotopic (exact) mass is 191 g/mol. The molecule has 2 rings (SSSR count). The molecule has 0 amide bonds. The molecule has 3 nitrogen and oxygen atoms in total. The van der Waals surface area contributed by atoms with Crippen molar-refractivity contribution in [2.45, 2.75) is 13.5 Å². The maximum absolute atomic E-state index is 11.1. The largest absolute Gasteiger partial charge is 0.367 e. The molecule has 0 radical (unpaired) electrons. The minimum atomic E-state index is -0.124. The summed E-state index contributed by atoms with van der Waals surface area (Å²) in [6.07, 6.45) is 0. The lowest BCUT2D eigenvalue weighted by atomic mass is 10.2. The summed E-state index contributed by atoms with van der Waals surface area (Å²) in [7, 11) is 0. The molecule has 1 aliphatic rings. The maximum Gasteiger partial charge on any atom is 0.329 e. The number of hydrogen-bond acceptors (Lipinski definition) is 3. The molecule has 1 fully saturated rings. The fraction of sp³-hybridized carbons (Fsp3) is 0.364. The molecule has 0 aliphatic carbocycles. The van der Waals surface area contributed by atoms with E-state index in [1.165, 1.54) is 0 Å². The van der Waals surface area contributed by atoms with Crippen LogP contribution < -0.4 is 0 Å². The van der Waals surface area contributed by atoms with Crippen LogP contribution in [0.2, 0.25) is 0 Å². The molecule has 1 aliphatic heterocycles. The van der Waals surface area contributed by atoms with Gasteiger partial charge < -0.3 is 4.84 Å². The van der Waals surface area contributed by atoms with Crippen molar-refractivity contribution in [3.63, 3.8) is 0 Å². The van der Waals surface area contributed by atoms with E-state index >= 15 is 0 Å². The first-order valence-electron chi connectivity index (χ1n) is 4.76. The van der Waals surface area contributed by atoms with Gasteiger partial charge in [-0.05, 0) is 5.56 Å². The van der Waals surface area contributed by atoms with Gasteiger partial charge in [0, 0.05) is 6.54 Å². The zero-order valence-electron chi connectivity index (χ0n) is 8.14. The molecule has 1 atom stereocenters. The van der Waals surface area contributed by atoms with Gasteiger partial charge in [-0.25, -0.2) is 0 Å². The van der Waals surface area contributed by atoms with Crippen molar-refractivity contribution in [3.05, 3.63) is 35.9 Å². The maximum atomic E-state index is 11.1. The summed E-state index contributed by atoms with van der Waals surface area (Å²) in [5, 5.41) is 1.71. The number of benzene rings is 1. The van der Waals surface area contributed by atoms with E-state index in [9.17, 15) is 4.79 Å². The van der Waals surface area contributed by atoms with Gasteiger partial charge in [0.25, 0.3) is 0 Å². The first-order chi connectivity index (χ1) is 6.75. The Morgan fingerprint density at radius 1 is 1.43 bits per heavy atom. The van der Waals surface area contributed by atoms with Crippen LogP contribution in [0, 0.1) is 5.92 Å². The van der Waals surface area contributed by atoms with E-state index in [1.54, 1.807) is 5.06 Å². The fourth-order valence-corrected chi connectivity index (χ4v) is 1.52. The van der Waals surface area contributed by atoms with Gasteiger partial charge in [0.1, 0.15) is 0 Å². The molecule has 1 saturated heterocycles. The zero-order valence-corrected chi connectivity index (χ0v) is 8.14. The van der Waals surface area contributed by atoms with Crippen molar-refractivity contribution >= 4 is 5.97 Å². The lowest BCUT2D eigenvalue weighted by molar-refractivity contribution is -0.172. The smallest absolute Gasteiger partial charge is 0.329 e. The second-order valence-electron chi connectivity index (χ2n) is 3.62. The highest BCUT2D eigenvalue weighted by Gasteiger charge is 2.29. The molecule has 14 heavy (non-hydrogen) atoms. The normalized spacial score (nSPS) is 22.4. The number of hydrogen-bond donors (Lipinski definition) is 0. The summed E-state index contributed by atoms with van der Waals surface area (Å²) in [4.78, 5) is 16.2. The van der Waals surface area contributed by atoms with E-state index in [0.717, 1.165) is 5.56 Å². The average molecular weight is 191 g/mol. The third-order valence-electron chi connectivity index (χ3n) is 2.30. The lowest BCUT2D eigenvalue weighted by Gasteiger charge is -2.12. The molecule has 1 heterocycles. The van der Waals surface area contributed by atoms with Crippen LogP contribution in [0.3, 0.4) is 0 Å². The van der Waals surface area contributed by atoms with Gasteiger partial charge in [0.05, 0.1) is 12.5 Å². The SMILES string of the molecule is CC1CN(Cc2ccccc2)OC1=O. The molecule has 74 valence electrons. The van der Waals surface area contributed by atoms with Crippen LogP contribution in [0.5, 0.6) is 0 Å². The highest BCUT2D eigenvalue weighted by atomic mass is 16.7. The van der Waals surface area contributed by atoms with Crippen LogP contribution in [0.1, 0.15) is 12.5 Å². The summed E-state index contributed by atoms with van der Waals surface area (Å²) < 4.78 is 0. The highest BCUT2D eigenvalue weighted by Crippen LogP contribution is 2.16. The van der Waals surface area contributed by atoms with E-state index in [4.69, 9.17) is 4.84 Å². The van der Waals surface area contributed by atoms with Crippen LogP contribution in [0.4, 0.5) is 0 Å². The Bertz CT molecular complexity index is 323. The van der Waals surface area contributed by atoms with Crippen LogP contribution in [0.25, 0.3) is 0 Å². The van der Waals surface area contributed by atoms with Gasteiger partial charge >= 0.3 is 5.97 Å². The minimum Gasteiger partial charge on any atom is -0.367 e. The fourth-order valence-electron chi connectivity index (χ4n) is 1.52. The zero-order chi connectivity index (χ0) is 9.97. The lowest BCUT2D eigenvalue weighted by Crippen LogP contribution is -2.18. The minimum absolute atomic E-state index is 0.00119. The van der Waals surface area contributed by atoms with Gasteiger partial charge in [0.15, 0.2) is 0 Å². The van der Waals surface area contributed by atoms with Gasteiger partial charge in [0.2, 0.25) is 0 Å². The van der Waals surface area contributed by atoms with E-state index in [1.807, 2.05) is 37.3 Å². The van der Waals surface area contributed by atoms with Gasteiger partial charge in [-0.15, -0.1) is 5.06 Å². The Labute approximate surface area is 83.2 Å².